The van der Waals surface area contributed by atoms with Crippen molar-refractivity contribution in [2.45, 2.75) is 6.54 Å². The largest absolute Gasteiger partial charge is 0.497 e. The number of aromatic nitrogens is 2. The molecule has 3 rings (SSSR count). The van der Waals surface area contributed by atoms with E-state index in [9.17, 15) is 4.79 Å². The molecule has 0 saturated carbocycles. The average molecular weight is 372 g/mol. The van der Waals surface area contributed by atoms with E-state index in [0.717, 1.165) is 11.1 Å². The maximum absolute atomic E-state index is 12.4. The molecule has 26 heavy (non-hydrogen) atoms. The topological polar surface area (TPSA) is 76.2 Å². The second-order valence-electron chi connectivity index (χ2n) is 5.53. The van der Waals surface area contributed by atoms with Gasteiger partial charge in [-0.1, -0.05) is 23.7 Å². The number of methoxy groups -OCH3 is 2. The summed E-state index contributed by atoms with van der Waals surface area (Å²) >= 11 is 5.89. The monoisotopic (exact) mass is 371 g/mol. The lowest BCUT2D eigenvalue weighted by Crippen LogP contribution is -2.23. The summed E-state index contributed by atoms with van der Waals surface area (Å²) in [4.78, 5) is 12.4. The van der Waals surface area contributed by atoms with Crippen molar-refractivity contribution in [3.05, 3.63) is 64.8 Å². The third kappa shape index (κ3) is 3.97. The Hall–Kier alpha value is -2.99. The molecule has 0 atom stereocenters. The van der Waals surface area contributed by atoms with Crippen molar-refractivity contribution >= 4 is 17.5 Å². The first-order chi connectivity index (χ1) is 12.6. The van der Waals surface area contributed by atoms with E-state index in [1.807, 2.05) is 24.3 Å². The minimum absolute atomic E-state index is 0.254. The predicted octanol–water partition coefficient (Wildman–Crippen LogP) is 3.68. The highest BCUT2D eigenvalue weighted by Crippen LogP contribution is 2.24. The van der Waals surface area contributed by atoms with Gasteiger partial charge in [0, 0.05) is 28.8 Å². The molecule has 0 unspecified atom stereocenters. The van der Waals surface area contributed by atoms with E-state index < -0.39 is 0 Å². The van der Waals surface area contributed by atoms with E-state index >= 15 is 0 Å². The Kier molecular flexibility index (Phi) is 5.43. The molecule has 134 valence electrons. The highest BCUT2D eigenvalue weighted by Gasteiger charge is 2.12. The van der Waals surface area contributed by atoms with Crippen molar-refractivity contribution in [3.8, 4) is 22.8 Å². The fraction of sp³-hybridized carbons (Fsp3) is 0.158. The van der Waals surface area contributed by atoms with Crippen LogP contribution in [0.2, 0.25) is 5.02 Å². The third-order valence-corrected chi connectivity index (χ3v) is 4.15. The van der Waals surface area contributed by atoms with Gasteiger partial charge >= 0.3 is 0 Å². The molecule has 2 aromatic carbocycles. The van der Waals surface area contributed by atoms with Gasteiger partial charge in [0.15, 0.2) is 0 Å². The van der Waals surface area contributed by atoms with Gasteiger partial charge in [0.25, 0.3) is 5.91 Å². The molecule has 1 amide bonds. The molecule has 0 bridgehead atoms. The third-order valence-electron chi connectivity index (χ3n) is 3.90. The van der Waals surface area contributed by atoms with Crippen LogP contribution in [0.15, 0.2) is 48.5 Å². The van der Waals surface area contributed by atoms with E-state index in [1.165, 1.54) is 0 Å². The Morgan fingerprint density at radius 1 is 1.12 bits per heavy atom. The number of hydrogen-bond donors (Lipinski definition) is 2. The lowest BCUT2D eigenvalue weighted by Gasteiger charge is -2.10. The number of halogens is 1. The van der Waals surface area contributed by atoms with Gasteiger partial charge in [-0.05, 0) is 30.3 Å². The Labute approximate surface area is 156 Å². The SMILES string of the molecule is COc1ccc(CNC(=O)c2cc(-c3ccc(Cl)cc3)n[nH]2)c(OC)c1. The molecule has 1 heterocycles. The molecule has 0 aliphatic heterocycles. The van der Waals surface area contributed by atoms with Crippen LogP contribution in [-0.4, -0.2) is 30.3 Å². The number of nitrogens with zero attached hydrogens (tertiary/aromatic N) is 1. The summed E-state index contributed by atoms with van der Waals surface area (Å²) in [5.74, 6) is 1.09. The summed E-state index contributed by atoms with van der Waals surface area (Å²) in [5, 5.41) is 10.4. The van der Waals surface area contributed by atoms with Gasteiger partial charge in [-0.15, -0.1) is 0 Å². The zero-order valence-electron chi connectivity index (χ0n) is 14.4. The number of aromatic amines is 1. The van der Waals surface area contributed by atoms with E-state index in [2.05, 4.69) is 15.5 Å². The molecule has 0 aliphatic rings. The number of hydrogen-bond acceptors (Lipinski definition) is 4. The number of ether oxygens (including phenoxy) is 2. The lowest BCUT2D eigenvalue weighted by molar-refractivity contribution is 0.0945. The molecule has 1 aromatic heterocycles. The minimum atomic E-state index is -0.254. The summed E-state index contributed by atoms with van der Waals surface area (Å²) in [6.07, 6.45) is 0. The summed E-state index contributed by atoms with van der Waals surface area (Å²) in [5.41, 5.74) is 2.77. The van der Waals surface area contributed by atoms with Crippen molar-refractivity contribution in [3.63, 3.8) is 0 Å². The summed E-state index contributed by atoms with van der Waals surface area (Å²) < 4.78 is 10.5. The van der Waals surface area contributed by atoms with E-state index in [-0.39, 0.29) is 5.91 Å². The molecule has 0 aliphatic carbocycles. The zero-order valence-corrected chi connectivity index (χ0v) is 15.1. The van der Waals surface area contributed by atoms with Crippen molar-refractivity contribution in [1.82, 2.24) is 15.5 Å². The number of benzene rings is 2. The molecule has 6 nitrogen and oxygen atoms in total. The number of carbonyl (C=O) groups excluding carboxylic acids is 1. The average Bonchev–Trinajstić information content (AvgIpc) is 3.16. The van der Waals surface area contributed by atoms with E-state index in [4.69, 9.17) is 21.1 Å². The van der Waals surface area contributed by atoms with Gasteiger partial charge in [-0.25, -0.2) is 0 Å². The fourth-order valence-electron chi connectivity index (χ4n) is 2.48. The number of rotatable bonds is 6. The van der Waals surface area contributed by atoms with Crippen molar-refractivity contribution in [2.24, 2.45) is 0 Å². The van der Waals surface area contributed by atoms with Crippen LogP contribution in [0.4, 0.5) is 0 Å². The lowest BCUT2D eigenvalue weighted by atomic mass is 10.1. The second kappa shape index (κ2) is 7.93. The van der Waals surface area contributed by atoms with Gasteiger partial charge < -0.3 is 14.8 Å². The molecule has 0 spiro atoms. The van der Waals surface area contributed by atoms with E-state index in [1.54, 1.807) is 38.5 Å². The highest BCUT2D eigenvalue weighted by atomic mass is 35.5. The van der Waals surface area contributed by atoms with Crippen molar-refractivity contribution in [2.75, 3.05) is 14.2 Å². The molecule has 2 N–H and O–H groups in total. The number of amides is 1. The van der Waals surface area contributed by atoms with Gasteiger partial charge in [0.05, 0.1) is 19.9 Å². The molecule has 7 heteroatoms. The summed E-state index contributed by atoms with van der Waals surface area (Å²) in [6, 6.07) is 14.4. The van der Waals surface area contributed by atoms with Crippen LogP contribution in [0, 0.1) is 0 Å². The van der Waals surface area contributed by atoms with Crippen LogP contribution in [0.25, 0.3) is 11.3 Å². The van der Waals surface area contributed by atoms with Crippen LogP contribution in [-0.2, 0) is 6.54 Å². The fourth-order valence-corrected chi connectivity index (χ4v) is 2.60. The highest BCUT2D eigenvalue weighted by molar-refractivity contribution is 6.30. The van der Waals surface area contributed by atoms with Crippen LogP contribution >= 0.6 is 11.6 Å². The molecule has 0 radical (unpaired) electrons. The smallest absolute Gasteiger partial charge is 0.269 e. The quantitative estimate of drug-likeness (QED) is 0.693. The first-order valence-electron chi connectivity index (χ1n) is 7.91. The van der Waals surface area contributed by atoms with Crippen LogP contribution in [0.5, 0.6) is 11.5 Å². The Morgan fingerprint density at radius 3 is 2.58 bits per heavy atom. The maximum Gasteiger partial charge on any atom is 0.269 e. The first kappa shape index (κ1) is 17.8. The van der Waals surface area contributed by atoms with Crippen LogP contribution in [0.1, 0.15) is 16.1 Å². The number of nitrogens with one attached hydrogen (secondary N) is 2. The van der Waals surface area contributed by atoms with Gasteiger partial charge in [0.1, 0.15) is 17.2 Å². The summed E-state index contributed by atoms with van der Waals surface area (Å²) in [7, 11) is 3.17. The van der Waals surface area contributed by atoms with Crippen molar-refractivity contribution in [1.29, 1.82) is 0 Å². The molecule has 3 aromatic rings. The maximum atomic E-state index is 12.4. The predicted molar refractivity (Wildman–Crippen MR) is 99.7 cm³/mol. The molecular formula is C19H18ClN3O3. The van der Waals surface area contributed by atoms with Crippen LogP contribution < -0.4 is 14.8 Å². The zero-order chi connectivity index (χ0) is 18.5. The molecular weight excluding hydrogens is 354 g/mol. The Balaban J connectivity index is 1.68. The standard InChI is InChI=1S/C19H18ClN3O3/c1-25-15-8-5-13(18(9-15)26-2)11-21-19(24)17-10-16(22-23-17)12-3-6-14(20)7-4-12/h3-10H,11H2,1-2H3,(H,21,24)(H,22,23). The van der Waals surface area contributed by atoms with E-state index in [0.29, 0.717) is 34.5 Å². The van der Waals surface area contributed by atoms with Gasteiger partial charge in [-0.3, -0.25) is 9.89 Å². The van der Waals surface area contributed by atoms with Crippen LogP contribution in [0.3, 0.4) is 0 Å². The summed E-state index contributed by atoms with van der Waals surface area (Å²) in [6.45, 7) is 0.321. The van der Waals surface area contributed by atoms with Gasteiger partial charge in [-0.2, -0.15) is 5.10 Å². The van der Waals surface area contributed by atoms with Crippen molar-refractivity contribution < 1.29 is 14.3 Å². The number of H-pyrrole nitrogens is 1. The first-order valence-corrected chi connectivity index (χ1v) is 8.29. The minimum Gasteiger partial charge on any atom is -0.497 e. The molecule has 0 fully saturated rings. The normalized spacial score (nSPS) is 10.4. The number of carbonyl (C=O) groups is 1. The second-order valence-corrected chi connectivity index (χ2v) is 5.97. The Morgan fingerprint density at radius 2 is 1.88 bits per heavy atom. The molecule has 0 saturated heterocycles. The Bertz CT molecular complexity index is 907. The van der Waals surface area contributed by atoms with Gasteiger partial charge in [0.2, 0.25) is 0 Å².